The second-order valence-electron chi connectivity index (χ2n) is 5.95. The summed E-state index contributed by atoms with van der Waals surface area (Å²) in [6.45, 7) is 4.38. The molecule has 0 aromatic heterocycles. The van der Waals surface area contributed by atoms with Crippen molar-refractivity contribution in [1.29, 1.82) is 0 Å². The fourth-order valence-corrected chi connectivity index (χ4v) is 3.52. The predicted molar refractivity (Wildman–Crippen MR) is 64.3 cm³/mol. The van der Waals surface area contributed by atoms with E-state index < -0.39 is 0 Å². The molecule has 2 aliphatic heterocycles. The Balaban J connectivity index is 1.61. The van der Waals surface area contributed by atoms with Gasteiger partial charge in [-0.1, -0.05) is 19.3 Å². The molecular weight excluding hydrogens is 200 g/mol. The van der Waals surface area contributed by atoms with Gasteiger partial charge in [0.05, 0.1) is 6.61 Å². The molecule has 2 saturated heterocycles. The highest BCUT2D eigenvalue weighted by atomic mass is 16.5. The first-order chi connectivity index (χ1) is 7.83. The zero-order valence-corrected chi connectivity index (χ0v) is 10.2. The van der Waals surface area contributed by atoms with Crippen LogP contribution in [0.4, 0.5) is 0 Å². The van der Waals surface area contributed by atoms with Crippen molar-refractivity contribution in [3.8, 4) is 0 Å². The van der Waals surface area contributed by atoms with Crippen LogP contribution >= 0.6 is 0 Å². The van der Waals surface area contributed by atoms with Crippen molar-refractivity contribution >= 4 is 0 Å². The number of hydrogen-bond acceptors (Lipinski definition) is 3. The highest BCUT2D eigenvalue weighted by Gasteiger charge is 2.43. The molecule has 0 bridgehead atoms. The molecule has 0 aromatic carbocycles. The highest BCUT2D eigenvalue weighted by molar-refractivity contribution is 4.95. The third-order valence-electron chi connectivity index (χ3n) is 4.77. The van der Waals surface area contributed by atoms with Crippen LogP contribution in [-0.2, 0) is 4.74 Å². The van der Waals surface area contributed by atoms with Gasteiger partial charge >= 0.3 is 0 Å². The third-order valence-corrected chi connectivity index (χ3v) is 4.77. The van der Waals surface area contributed by atoms with Crippen LogP contribution in [0.3, 0.4) is 0 Å². The molecule has 92 valence electrons. The Kier molecular flexibility index (Phi) is 2.94. The van der Waals surface area contributed by atoms with E-state index in [0.29, 0.717) is 5.41 Å². The number of ether oxygens (including phenoxy) is 1. The Morgan fingerprint density at radius 1 is 0.875 bits per heavy atom. The minimum atomic E-state index is 0.0218. The highest BCUT2D eigenvalue weighted by Crippen LogP contribution is 2.40. The van der Waals surface area contributed by atoms with Crippen LogP contribution in [-0.4, -0.2) is 32.0 Å². The van der Waals surface area contributed by atoms with Gasteiger partial charge < -0.3 is 10.1 Å². The fourth-order valence-electron chi connectivity index (χ4n) is 3.52. The van der Waals surface area contributed by atoms with Gasteiger partial charge in [-0.2, -0.15) is 0 Å². The van der Waals surface area contributed by atoms with Gasteiger partial charge in [0.1, 0.15) is 5.72 Å². The number of piperidine rings is 1. The summed E-state index contributed by atoms with van der Waals surface area (Å²) in [7, 11) is 0. The van der Waals surface area contributed by atoms with E-state index in [1.165, 1.54) is 38.6 Å². The first kappa shape index (κ1) is 11.0. The molecule has 3 fully saturated rings. The van der Waals surface area contributed by atoms with E-state index in [1.807, 2.05) is 0 Å². The average Bonchev–Trinajstić information content (AvgIpc) is 2.36. The second kappa shape index (κ2) is 4.28. The lowest BCUT2D eigenvalue weighted by Crippen LogP contribution is -2.62. The van der Waals surface area contributed by atoms with Crippen LogP contribution in [0.1, 0.15) is 44.9 Å². The second-order valence-corrected chi connectivity index (χ2v) is 5.95. The van der Waals surface area contributed by atoms with Crippen LogP contribution in [0.15, 0.2) is 0 Å². The lowest BCUT2D eigenvalue weighted by Gasteiger charge is -2.50. The van der Waals surface area contributed by atoms with Gasteiger partial charge in [0, 0.05) is 24.8 Å². The van der Waals surface area contributed by atoms with E-state index in [4.69, 9.17) is 4.74 Å². The maximum atomic E-state index is 6.25. The summed E-state index contributed by atoms with van der Waals surface area (Å²) < 4.78 is 6.25. The third kappa shape index (κ3) is 2.01. The zero-order chi connectivity index (χ0) is 10.9. The quantitative estimate of drug-likeness (QED) is 0.656. The first-order valence-electron chi connectivity index (χ1n) is 6.92. The Bertz CT molecular complexity index is 204. The lowest BCUT2D eigenvalue weighted by atomic mass is 9.73. The molecule has 3 aliphatic rings. The molecule has 1 aliphatic carbocycles. The van der Waals surface area contributed by atoms with Gasteiger partial charge in [-0.25, -0.2) is 0 Å². The maximum Gasteiger partial charge on any atom is 0.121 e. The monoisotopic (exact) mass is 224 g/mol. The SMILES string of the molecule is C1CCC2(CC1)CNC1(CCNCC1)OC2. The molecule has 3 rings (SSSR count). The first-order valence-corrected chi connectivity index (χ1v) is 6.92. The summed E-state index contributed by atoms with van der Waals surface area (Å²) in [5, 5.41) is 7.14. The molecule has 2 N–H and O–H groups in total. The van der Waals surface area contributed by atoms with Gasteiger partial charge in [0.15, 0.2) is 0 Å². The van der Waals surface area contributed by atoms with Crippen molar-refractivity contribution < 1.29 is 4.74 Å². The Morgan fingerprint density at radius 2 is 1.62 bits per heavy atom. The van der Waals surface area contributed by atoms with Gasteiger partial charge in [-0.15, -0.1) is 0 Å². The molecule has 2 spiro atoms. The number of hydrogen-bond donors (Lipinski definition) is 2. The van der Waals surface area contributed by atoms with Gasteiger partial charge in [0.2, 0.25) is 0 Å². The molecule has 0 unspecified atom stereocenters. The molecule has 0 amide bonds. The summed E-state index contributed by atoms with van der Waals surface area (Å²) in [5.41, 5.74) is 0.502. The van der Waals surface area contributed by atoms with Crippen molar-refractivity contribution in [2.75, 3.05) is 26.2 Å². The predicted octanol–water partition coefficient (Wildman–Crippen LogP) is 1.64. The van der Waals surface area contributed by atoms with Crippen LogP contribution < -0.4 is 10.6 Å². The van der Waals surface area contributed by atoms with Crippen LogP contribution in [0.25, 0.3) is 0 Å². The Morgan fingerprint density at radius 3 is 2.25 bits per heavy atom. The van der Waals surface area contributed by atoms with E-state index in [9.17, 15) is 0 Å². The zero-order valence-electron chi connectivity index (χ0n) is 10.2. The minimum Gasteiger partial charge on any atom is -0.360 e. The molecule has 0 radical (unpaired) electrons. The Hall–Kier alpha value is -0.120. The molecule has 2 heterocycles. The van der Waals surface area contributed by atoms with E-state index >= 15 is 0 Å². The van der Waals surface area contributed by atoms with Gasteiger partial charge in [0.25, 0.3) is 0 Å². The summed E-state index contributed by atoms with van der Waals surface area (Å²) in [4.78, 5) is 0. The van der Waals surface area contributed by atoms with Crippen molar-refractivity contribution in [2.24, 2.45) is 5.41 Å². The van der Waals surface area contributed by atoms with E-state index in [0.717, 1.165) is 32.5 Å². The fraction of sp³-hybridized carbons (Fsp3) is 1.00. The summed E-state index contributed by atoms with van der Waals surface area (Å²) in [6.07, 6.45) is 9.23. The summed E-state index contributed by atoms with van der Waals surface area (Å²) >= 11 is 0. The molecule has 16 heavy (non-hydrogen) atoms. The molecule has 0 atom stereocenters. The molecule has 3 nitrogen and oxygen atoms in total. The van der Waals surface area contributed by atoms with Crippen molar-refractivity contribution in [1.82, 2.24) is 10.6 Å². The minimum absolute atomic E-state index is 0.0218. The molecule has 3 heteroatoms. The number of nitrogens with one attached hydrogen (secondary N) is 2. The molecule has 0 aromatic rings. The largest absolute Gasteiger partial charge is 0.360 e. The van der Waals surface area contributed by atoms with Crippen molar-refractivity contribution in [3.05, 3.63) is 0 Å². The van der Waals surface area contributed by atoms with Gasteiger partial charge in [-0.05, 0) is 25.9 Å². The van der Waals surface area contributed by atoms with Crippen molar-refractivity contribution in [3.63, 3.8) is 0 Å². The molecular formula is C13H24N2O. The maximum absolute atomic E-state index is 6.25. The van der Waals surface area contributed by atoms with Crippen LogP contribution in [0, 0.1) is 5.41 Å². The topological polar surface area (TPSA) is 33.3 Å². The van der Waals surface area contributed by atoms with E-state index in [-0.39, 0.29) is 5.72 Å². The van der Waals surface area contributed by atoms with Gasteiger partial charge in [-0.3, -0.25) is 5.32 Å². The van der Waals surface area contributed by atoms with Crippen molar-refractivity contribution in [2.45, 2.75) is 50.7 Å². The molecule has 1 saturated carbocycles. The summed E-state index contributed by atoms with van der Waals surface area (Å²) in [6, 6.07) is 0. The average molecular weight is 224 g/mol. The number of rotatable bonds is 0. The van der Waals surface area contributed by atoms with Crippen LogP contribution in [0.2, 0.25) is 0 Å². The smallest absolute Gasteiger partial charge is 0.121 e. The van der Waals surface area contributed by atoms with E-state index in [1.54, 1.807) is 0 Å². The standard InChI is InChI=1S/C13H24N2O/c1-2-4-12(5-3-1)10-15-13(16-11-12)6-8-14-9-7-13/h14-15H,1-11H2. The normalized spacial score (nSPS) is 33.0. The lowest BCUT2D eigenvalue weighted by molar-refractivity contribution is -0.165. The summed E-state index contributed by atoms with van der Waals surface area (Å²) in [5.74, 6) is 0. The Labute approximate surface area is 98.3 Å². The van der Waals surface area contributed by atoms with E-state index in [2.05, 4.69) is 10.6 Å². The van der Waals surface area contributed by atoms with Crippen LogP contribution in [0.5, 0.6) is 0 Å².